The van der Waals surface area contributed by atoms with Gasteiger partial charge in [-0.3, -0.25) is 14.3 Å². The molecule has 3 rings (SSSR count). The molecule has 25 heavy (non-hydrogen) atoms. The standard InChI is InChI=1S/C12H16N3O8PS/c1-12(18)8(16)5(2-22-24(19,20)21)23-9(12)7-6-4(3-25-7)10(17)15-11(13)14-6/h3,5,8-9,16,18H,2H2,1H3,(H2,19,20,21)(H3,13,14,15,17)/t5-,8-,9+,12-/m1/s1. The van der Waals surface area contributed by atoms with E-state index in [0.29, 0.717) is 4.88 Å². The Bertz CT molecular complexity index is 905. The minimum Gasteiger partial charge on any atom is -0.387 e. The first kappa shape index (κ1) is 18.4. The molecule has 2 aromatic rings. The van der Waals surface area contributed by atoms with Gasteiger partial charge in [0.2, 0.25) is 5.95 Å². The highest BCUT2D eigenvalue weighted by Gasteiger charge is 2.54. The molecule has 0 amide bonds. The fraction of sp³-hybridized carbons (Fsp3) is 0.500. The van der Waals surface area contributed by atoms with Crippen LogP contribution in [0, 0.1) is 0 Å². The number of aromatic nitrogens is 2. The molecule has 2 aromatic heterocycles. The van der Waals surface area contributed by atoms with Crippen LogP contribution in [0.25, 0.3) is 10.9 Å². The molecule has 1 fully saturated rings. The number of aliphatic hydroxyl groups is 2. The molecule has 1 saturated heterocycles. The van der Waals surface area contributed by atoms with Gasteiger partial charge < -0.3 is 30.5 Å². The number of thiophene rings is 1. The van der Waals surface area contributed by atoms with Gasteiger partial charge in [-0.25, -0.2) is 9.55 Å². The Hall–Kier alpha value is -1.37. The first-order valence-corrected chi connectivity index (χ1v) is 9.44. The summed E-state index contributed by atoms with van der Waals surface area (Å²) in [5.41, 5.74) is 3.51. The summed E-state index contributed by atoms with van der Waals surface area (Å²) < 4.78 is 20.7. The van der Waals surface area contributed by atoms with E-state index >= 15 is 0 Å². The minimum atomic E-state index is -4.76. The molecule has 0 aliphatic carbocycles. The Morgan fingerprint density at radius 1 is 1.56 bits per heavy atom. The zero-order valence-corrected chi connectivity index (χ0v) is 14.5. The van der Waals surface area contributed by atoms with Crippen LogP contribution in [-0.2, 0) is 13.8 Å². The molecular weight excluding hydrogens is 377 g/mol. The van der Waals surface area contributed by atoms with E-state index in [4.69, 9.17) is 20.3 Å². The van der Waals surface area contributed by atoms with Gasteiger partial charge in [0.05, 0.1) is 22.4 Å². The molecule has 0 aromatic carbocycles. The van der Waals surface area contributed by atoms with Crippen LogP contribution in [0.1, 0.15) is 17.9 Å². The summed E-state index contributed by atoms with van der Waals surface area (Å²) in [6.07, 6.45) is -3.77. The van der Waals surface area contributed by atoms with Gasteiger partial charge >= 0.3 is 7.82 Å². The number of nitrogens with one attached hydrogen (secondary N) is 1. The third-order valence-electron chi connectivity index (χ3n) is 3.95. The predicted molar refractivity (Wildman–Crippen MR) is 86.9 cm³/mol. The van der Waals surface area contributed by atoms with Crippen LogP contribution in [0.4, 0.5) is 5.95 Å². The lowest BCUT2D eigenvalue weighted by molar-refractivity contribution is -0.0630. The van der Waals surface area contributed by atoms with Crippen molar-refractivity contribution in [2.45, 2.75) is 30.8 Å². The van der Waals surface area contributed by atoms with E-state index in [1.54, 1.807) is 0 Å². The summed E-state index contributed by atoms with van der Waals surface area (Å²) in [5.74, 6) is -0.114. The second kappa shape index (κ2) is 6.11. The number of rotatable bonds is 4. The molecule has 11 nitrogen and oxygen atoms in total. The third kappa shape index (κ3) is 3.35. The molecular formula is C12H16N3O8PS. The van der Waals surface area contributed by atoms with Gasteiger partial charge in [0, 0.05) is 5.38 Å². The minimum absolute atomic E-state index is 0.114. The topological polar surface area (TPSA) is 188 Å². The second-order valence-corrected chi connectivity index (χ2v) is 7.98. The quantitative estimate of drug-likeness (QED) is 0.360. The number of hydrogen-bond acceptors (Lipinski definition) is 9. The van der Waals surface area contributed by atoms with Crippen molar-refractivity contribution in [1.29, 1.82) is 0 Å². The summed E-state index contributed by atoms with van der Waals surface area (Å²) in [6.45, 7) is 0.680. The van der Waals surface area contributed by atoms with E-state index in [1.165, 1.54) is 12.3 Å². The Labute approximate surface area is 144 Å². The van der Waals surface area contributed by atoms with Crippen molar-refractivity contribution in [3.05, 3.63) is 20.6 Å². The van der Waals surface area contributed by atoms with Crippen LogP contribution in [0.2, 0.25) is 0 Å². The number of phosphoric ester groups is 1. The van der Waals surface area contributed by atoms with Crippen molar-refractivity contribution in [3.63, 3.8) is 0 Å². The predicted octanol–water partition coefficient (Wildman–Crippen LogP) is -0.772. The van der Waals surface area contributed by atoms with Crippen molar-refractivity contribution in [2.75, 3.05) is 12.3 Å². The summed E-state index contributed by atoms with van der Waals surface area (Å²) in [4.78, 5) is 36.2. The Kier molecular flexibility index (Phi) is 4.50. The van der Waals surface area contributed by atoms with Gasteiger partial charge in [-0.2, -0.15) is 0 Å². The molecule has 138 valence electrons. The molecule has 0 saturated carbocycles. The molecule has 0 radical (unpaired) electrons. The first-order chi connectivity index (χ1) is 11.5. The van der Waals surface area contributed by atoms with Crippen molar-refractivity contribution in [1.82, 2.24) is 9.97 Å². The van der Waals surface area contributed by atoms with Crippen LogP contribution in [0.15, 0.2) is 10.2 Å². The fourth-order valence-electron chi connectivity index (χ4n) is 2.71. The zero-order chi connectivity index (χ0) is 18.6. The smallest absolute Gasteiger partial charge is 0.387 e. The summed E-state index contributed by atoms with van der Waals surface area (Å²) >= 11 is 1.08. The molecule has 1 aliphatic rings. The highest BCUT2D eigenvalue weighted by atomic mass is 32.1. The van der Waals surface area contributed by atoms with E-state index in [1.807, 2.05) is 0 Å². The number of ether oxygens (including phenoxy) is 1. The fourth-order valence-corrected chi connectivity index (χ4v) is 4.20. The lowest BCUT2D eigenvalue weighted by Crippen LogP contribution is -2.43. The average molecular weight is 393 g/mol. The van der Waals surface area contributed by atoms with Crippen molar-refractivity contribution < 1.29 is 33.8 Å². The highest BCUT2D eigenvalue weighted by Crippen LogP contribution is 2.46. The number of anilines is 1. The number of nitrogens with two attached hydrogens (primary N) is 1. The lowest BCUT2D eigenvalue weighted by atomic mass is 9.92. The second-order valence-electron chi connectivity index (χ2n) is 5.82. The highest BCUT2D eigenvalue weighted by molar-refractivity contribution is 7.46. The van der Waals surface area contributed by atoms with E-state index in [9.17, 15) is 19.6 Å². The molecule has 0 unspecified atom stereocenters. The lowest BCUT2D eigenvalue weighted by Gasteiger charge is -2.26. The number of hydrogen-bond donors (Lipinski definition) is 6. The molecule has 7 N–H and O–H groups in total. The number of nitrogens with zero attached hydrogens (tertiary/aromatic N) is 1. The number of fused-ring (bicyclic) bond motifs is 1. The summed E-state index contributed by atoms with van der Waals surface area (Å²) in [5, 5.41) is 22.6. The van der Waals surface area contributed by atoms with Crippen LogP contribution in [-0.4, -0.2) is 54.4 Å². The number of nitrogen functional groups attached to an aromatic ring is 1. The average Bonchev–Trinajstić information content (AvgIpc) is 2.97. The Morgan fingerprint density at radius 3 is 2.88 bits per heavy atom. The molecule has 3 heterocycles. The van der Waals surface area contributed by atoms with E-state index < -0.39 is 43.9 Å². The van der Waals surface area contributed by atoms with Gasteiger partial charge in [0.25, 0.3) is 5.56 Å². The molecule has 4 atom stereocenters. The van der Waals surface area contributed by atoms with E-state index in [0.717, 1.165) is 11.3 Å². The monoisotopic (exact) mass is 393 g/mol. The molecule has 0 spiro atoms. The maximum Gasteiger partial charge on any atom is 0.469 e. The van der Waals surface area contributed by atoms with Crippen molar-refractivity contribution in [3.8, 4) is 0 Å². The van der Waals surface area contributed by atoms with Crippen LogP contribution >= 0.6 is 19.2 Å². The summed E-state index contributed by atoms with van der Waals surface area (Å²) in [7, 11) is -4.76. The maximum absolute atomic E-state index is 11.9. The van der Waals surface area contributed by atoms with E-state index in [2.05, 4.69) is 14.5 Å². The maximum atomic E-state index is 11.9. The van der Waals surface area contributed by atoms with Crippen LogP contribution in [0.5, 0.6) is 0 Å². The van der Waals surface area contributed by atoms with E-state index in [-0.39, 0.29) is 16.9 Å². The summed E-state index contributed by atoms with van der Waals surface area (Å²) in [6, 6.07) is 0. The third-order valence-corrected chi connectivity index (χ3v) is 5.45. The number of H-pyrrole nitrogens is 1. The molecule has 13 heteroatoms. The number of phosphoric acid groups is 1. The van der Waals surface area contributed by atoms with Crippen LogP contribution in [0.3, 0.4) is 0 Å². The van der Waals surface area contributed by atoms with Gasteiger partial charge in [0.1, 0.15) is 23.9 Å². The van der Waals surface area contributed by atoms with Gasteiger partial charge in [-0.15, -0.1) is 11.3 Å². The van der Waals surface area contributed by atoms with Gasteiger partial charge in [-0.1, -0.05) is 0 Å². The Morgan fingerprint density at radius 2 is 2.24 bits per heavy atom. The van der Waals surface area contributed by atoms with Gasteiger partial charge in [0.15, 0.2) is 0 Å². The SMILES string of the molecule is C[C@@]1(O)[C@H](O)[C@@H](COP(=O)(O)O)O[C@H]1c1scc2c(=O)[nH]c(N)nc12. The zero-order valence-electron chi connectivity index (χ0n) is 12.8. The molecule has 1 aliphatic heterocycles. The van der Waals surface area contributed by atoms with Gasteiger partial charge in [-0.05, 0) is 6.92 Å². The molecule has 0 bridgehead atoms. The van der Waals surface area contributed by atoms with Crippen molar-refractivity contribution in [2.24, 2.45) is 0 Å². The normalized spacial score (nSPS) is 30.2. The number of aromatic amines is 1. The number of aliphatic hydroxyl groups excluding tert-OH is 1. The van der Waals surface area contributed by atoms with Crippen molar-refractivity contribution >= 4 is 36.0 Å². The first-order valence-electron chi connectivity index (χ1n) is 7.03. The van der Waals surface area contributed by atoms with Crippen LogP contribution < -0.4 is 11.3 Å². The largest absolute Gasteiger partial charge is 0.469 e. The Balaban J connectivity index is 1.97.